The number of hydrogen-bond acceptors (Lipinski definition) is 2. The van der Waals surface area contributed by atoms with E-state index in [0.29, 0.717) is 6.61 Å². The Balaban J connectivity index is 2.12. The predicted octanol–water partition coefficient (Wildman–Crippen LogP) is 4.23. The van der Waals surface area contributed by atoms with E-state index in [1.165, 1.54) is 11.1 Å². The van der Waals surface area contributed by atoms with Gasteiger partial charge in [0.25, 0.3) is 0 Å². The molecule has 0 saturated heterocycles. The molecular weight excluding hydrogens is 314 g/mol. The van der Waals surface area contributed by atoms with Crippen molar-refractivity contribution < 1.29 is 4.74 Å². The molecule has 2 nitrogen and oxygen atoms in total. The highest BCUT2D eigenvalue weighted by Crippen LogP contribution is 2.25. The van der Waals surface area contributed by atoms with Gasteiger partial charge in [0.05, 0.1) is 0 Å². The first kappa shape index (κ1) is 15.1. The Morgan fingerprint density at radius 3 is 2.70 bits per heavy atom. The molecule has 0 spiro atoms. The van der Waals surface area contributed by atoms with Crippen LogP contribution >= 0.6 is 15.9 Å². The number of nitrogens with two attached hydrogens (primary N) is 1. The normalized spacial score (nSPS) is 12.2. The molecule has 0 aromatic heterocycles. The van der Waals surface area contributed by atoms with Crippen LogP contribution in [0.15, 0.2) is 46.9 Å². The number of hydrogen-bond donors (Lipinski definition) is 1. The lowest BCUT2D eigenvalue weighted by Gasteiger charge is -2.14. The van der Waals surface area contributed by atoms with Crippen molar-refractivity contribution in [3.8, 4) is 5.75 Å². The summed E-state index contributed by atoms with van der Waals surface area (Å²) in [5.74, 6) is 0.909. The second-order valence-electron chi connectivity index (χ2n) is 5.21. The van der Waals surface area contributed by atoms with Crippen LogP contribution in [0.25, 0.3) is 0 Å². The van der Waals surface area contributed by atoms with E-state index in [1.54, 1.807) is 0 Å². The van der Waals surface area contributed by atoms with Gasteiger partial charge in [-0.15, -0.1) is 0 Å². The van der Waals surface area contributed by atoms with E-state index in [4.69, 9.17) is 10.5 Å². The highest BCUT2D eigenvalue weighted by Gasteiger charge is 2.07. The molecule has 3 heteroatoms. The lowest BCUT2D eigenvalue weighted by Crippen LogP contribution is -2.18. The van der Waals surface area contributed by atoms with Gasteiger partial charge in [-0.05, 0) is 49.6 Å². The molecule has 1 atom stereocenters. The van der Waals surface area contributed by atoms with Gasteiger partial charge in [-0.25, -0.2) is 0 Å². The molecule has 0 radical (unpaired) electrons. The number of ether oxygens (including phenoxy) is 1. The molecule has 0 amide bonds. The molecule has 0 aliphatic heterocycles. The van der Waals surface area contributed by atoms with Crippen molar-refractivity contribution in [1.29, 1.82) is 0 Å². The van der Waals surface area contributed by atoms with Gasteiger partial charge in [0, 0.05) is 10.5 Å². The van der Waals surface area contributed by atoms with Crippen molar-refractivity contribution >= 4 is 15.9 Å². The van der Waals surface area contributed by atoms with Crippen LogP contribution in [-0.2, 0) is 13.0 Å². The quantitative estimate of drug-likeness (QED) is 0.888. The summed E-state index contributed by atoms with van der Waals surface area (Å²) in [6.07, 6.45) is 0.808. The molecule has 2 rings (SSSR count). The van der Waals surface area contributed by atoms with Crippen LogP contribution in [0.3, 0.4) is 0 Å². The third-order valence-corrected chi connectivity index (χ3v) is 3.53. The fourth-order valence-electron chi connectivity index (χ4n) is 2.16. The smallest absolute Gasteiger partial charge is 0.123 e. The van der Waals surface area contributed by atoms with E-state index >= 15 is 0 Å². The minimum Gasteiger partial charge on any atom is -0.489 e. The zero-order valence-electron chi connectivity index (χ0n) is 11.9. The highest BCUT2D eigenvalue weighted by molar-refractivity contribution is 9.10. The molecular formula is C17H20BrNO. The summed E-state index contributed by atoms with van der Waals surface area (Å²) in [7, 11) is 0. The fraction of sp³-hybridized carbons (Fsp3) is 0.294. The number of halogens is 1. The van der Waals surface area contributed by atoms with Crippen LogP contribution in [-0.4, -0.2) is 6.04 Å². The minimum atomic E-state index is 0.116. The molecule has 0 aliphatic rings. The molecule has 2 aromatic carbocycles. The summed E-state index contributed by atoms with van der Waals surface area (Å²) in [5.41, 5.74) is 9.47. The van der Waals surface area contributed by atoms with Crippen molar-refractivity contribution in [2.75, 3.05) is 0 Å². The molecule has 0 bridgehead atoms. The number of aryl methyl sites for hydroxylation is 1. The van der Waals surface area contributed by atoms with Crippen molar-refractivity contribution in [3.05, 3.63) is 63.6 Å². The third kappa shape index (κ3) is 4.36. The lowest BCUT2D eigenvalue weighted by atomic mass is 10.1. The highest BCUT2D eigenvalue weighted by atomic mass is 79.9. The first-order chi connectivity index (χ1) is 9.54. The molecule has 1 unspecified atom stereocenters. The molecule has 2 N–H and O–H groups in total. The van der Waals surface area contributed by atoms with Crippen molar-refractivity contribution in [1.82, 2.24) is 0 Å². The minimum absolute atomic E-state index is 0.116. The Hall–Kier alpha value is -1.32. The largest absolute Gasteiger partial charge is 0.489 e. The Kier molecular flexibility index (Phi) is 5.21. The summed E-state index contributed by atoms with van der Waals surface area (Å²) in [4.78, 5) is 0. The standard InChI is InChI=1S/C17H20BrNO/c1-12-4-3-5-14(8-12)11-20-17-7-6-16(18)10-15(17)9-13(2)19/h3-8,10,13H,9,11,19H2,1-2H3. The average Bonchev–Trinajstić information content (AvgIpc) is 2.37. The van der Waals surface area contributed by atoms with E-state index in [-0.39, 0.29) is 6.04 Å². The fourth-order valence-corrected chi connectivity index (χ4v) is 2.57. The maximum Gasteiger partial charge on any atom is 0.123 e. The van der Waals surface area contributed by atoms with E-state index in [0.717, 1.165) is 22.2 Å². The van der Waals surface area contributed by atoms with Gasteiger partial charge in [-0.2, -0.15) is 0 Å². The predicted molar refractivity (Wildman–Crippen MR) is 87.0 cm³/mol. The Bertz CT molecular complexity index is 581. The molecule has 0 aliphatic carbocycles. The van der Waals surface area contributed by atoms with Gasteiger partial charge in [0.1, 0.15) is 12.4 Å². The SMILES string of the molecule is Cc1cccc(COc2ccc(Br)cc2CC(C)N)c1. The van der Waals surface area contributed by atoms with Crippen LogP contribution < -0.4 is 10.5 Å². The summed E-state index contributed by atoms with van der Waals surface area (Å²) in [6, 6.07) is 14.6. The van der Waals surface area contributed by atoms with Crippen LogP contribution in [0.1, 0.15) is 23.6 Å². The number of rotatable bonds is 5. The van der Waals surface area contributed by atoms with Crippen molar-refractivity contribution in [3.63, 3.8) is 0 Å². The Labute approximate surface area is 129 Å². The van der Waals surface area contributed by atoms with E-state index in [2.05, 4.69) is 53.2 Å². The van der Waals surface area contributed by atoms with Gasteiger partial charge in [0.15, 0.2) is 0 Å². The van der Waals surface area contributed by atoms with E-state index in [1.807, 2.05) is 19.1 Å². The van der Waals surface area contributed by atoms with Crippen LogP contribution in [0.4, 0.5) is 0 Å². The van der Waals surface area contributed by atoms with E-state index in [9.17, 15) is 0 Å². The summed E-state index contributed by atoms with van der Waals surface area (Å²) in [5, 5.41) is 0. The van der Waals surface area contributed by atoms with Gasteiger partial charge in [0.2, 0.25) is 0 Å². The zero-order valence-corrected chi connectivity index (χ0v) is 13.5. The summed E-state index contributed by atoms with van der Waals surface area (Å²) >= 11 is 3.50. The third-order valence-electron chi connectivity index (χ3n) is 3.04. The second-order valence-corrected chi connectivity index (χ2v) is 6.13. The monoisotopic (exact) mass is 333 g/mol. The maximum absolute atomic E-state index is 5.96. The Morgan fingerprint density at radius 2 is 2.00 bits per heavy atom. The average molecular weight is 334 g/mol. The first-order valence-electron chi connectivity index (χ1n) is 6.77. The molecule has 0 saturated carbocycles. The van der Waals surface area contributed by atoms with E-state index < -0.39 is 0 Å². The molecule has 2 aromatic rings. The zero-order chi connectivity index (χ0) is 14.5. The topological polar surface area (TPSA) is 35.2 Å². The van der Waals surface area contributed by atoms with Crippen LogP contribution in [0, 0.1) is 6.92 Å². The van der Waals surface area contributed by atoms with Crippen molar-refractivity contribution in [2.45, 2.75) is 32.9 Å². The molecule has 106 valence electrons. The molecule has 0 fully saturated rings. The number of benzene rings is 2. The van der Waals surface area contributed by atoms with Crippen molar-refractivity contribution in [2.24, 2.45) is 5.73 Å². The van der Waals surface area contributed by atoms with Gasteiger partial charge >= 0.3 is 0 Å². The lowest BCUT2D eigenvalue weighted by molar-refractivity contribution is 0.302. The van der Waals surface area contributed by atoms with Gasteiger partial charge in [-0.1, -0.05) is 45.8 Å². The first-order valence-corrected chi connectivity index (χ1v) is 7.56. The van der Waals surface area contributed by atoms with Crippen LogP contribution in [0.2, 0.25) is 0 Å². The second kappa shape index (κ2) is 6.91. The summed E-state index contributed by atoms with van der Waals surface area (Å²) in [6.45, 7) is 4.67. The molecule has 20 heavy (non-hydrogen) atoms. The van der Waals surface area contributed by atoms with Gasteiger partial charge < -0.3 is 10.5 Å². The molecule has 0 heterocycles. The summed E-state index contributed by atoms with van der Waals surface area (Å²) < 4.78 is 7.01. The maximum atomic E-state index is 5.96. The van der Waals surface area contributed by atoms with Crippen LogP contribution in [0.5, 0.6) is 5.75 Å². The Morgan fingerprint density at radius 1 is 1.20 bits per heavy atom. The van der Waals surface area contributed by atoms with Gasteiger partial charge in [-0.3, -0.25) is 0 Å².